The van der Waals surface area contributed by atoms with Gasteiger partial charge in [-0.05, 0) is 30.7 Å². The zero-order chi connectivity index (χ0) is 17.9. The minimum Gasteiger partial charge on any atom is -0.354 e. The van der Waals surface area contributed by atoms with E-state index in [9.17, 15) is 4.79 Å². The van der Waals surface area contributed by atoms with Crippen molar-refractivity contribution < 1.29 is 4.79 Å². The number of halogens is 3. The van der Waals surface area contributed by atoms with Crippen LogP contribution in [0.1, 0.15) is 16.8 Å². The van der Waals surface area contributed by atoms with Crippen molar-refractivity contribution in [1.82, 2.24) is 15.1 Å². The largest absolute Gasteiger partial charge is 0.354 e. The van der Waals surface area contributed by atoms with Gasteiger partial charge in [0, 0.05) is 22.7 Å². The molecular formula is C16H13Cl3N4O. The Kier molecular flexibility index (Phi) is 5.89. The average Bonchev–Trinajstić information content (AvgIpc) is 2.81. The predicted molar refractivity (Wildman–Crippen MR) is 95.2 cm³/mol. The van der Waals surface area contributed by atoms with Gasteiger partial charge in [0.2, 0.25) is 0 Å². The molecule has 0 spiro atoms. The van der Waals surface area contributed by atoms with Crippen LogP contribution in [0.3, 0.4) is 0 Å². The summed E-state index contributed by atoms with van der Waals surface area (Å²) in [5.74, 6) is -0.485. The van der Waals surface area contributed by atoms with Gasteiger partial charge >= 0.3 is 0 Å². The molecule has 2 aromatic rings. The van der Waals surface area contributed by atoms with Crippen LogP contribution in [0.25, 0.3) is 6.08 Å². The summed E-state index contributed by atoms with van der Waals surface area (Å²) in [5, 5.41) is 17.2. The molecule has 1 amide bonds. The lowest BCUT2D eigenvalue weighted by atomic mass is 10.1. The first-order valence-electron chi connectivity index (χ1n) is 6.88. The Balaban J connectivity index is 2.41. The monoisotopic (exact) mass is 382 g/mol. The first-order chi connectivity index (χ1) is 11.4. The van der Waals surface area contributed by atoms with Crippen molar-refractivity contribution >= 4 is 46.8 Å². The van der Waals surface area contributed by atoms with E-state index in [1.807, 2.05) is 6.07 Å². The van der Waals surface area contributed by atoms with E-state index >= 15 is 0 Å². The fourth-order valence-corrected chi connectivity index (χ4v) is 2.83. The Morgan fingerprint density at radius 3 is 2.71 bits per heavy atom. The Morgan fingerprint density at radius 1 is 1.42 bits per heavy atom. The Labute approximate surface area is 154 Å². The van der Waals surface area contributed by atoms with Crippen molar-refractivity contribution in [3.8, 4) is 6.07 Å². The summed E-state index contributed by atoms with van der Waals surface area (Å²) < 4.78 is 1.55. The van der Waals surface area contributed by atoms with Crippen LogP contribution in [0.5, 0.6) is 0 Å². The number of likely N-dealkylation sites (N-methyl/N-ethyl adjacent to an activating group) is 1. The summed E-state index contributed by atoms with van der Waals surface area (Å²) in [5.41, 5.74) is 1.86. The second-order valence-corrected chi connectivity index (χ2v) is 6.13. The van der Waals surface area contributed by atoms with Gasteiger partial charge in [0.05, 0.1) is 12.2 Å². The van der Waals surface area contributed by atoms with Crippen LogP contribution >= 0.6 is 34.8 Å². The zero-order valence-corrected chi connectivity index (χ0v) is 15.2. The average molecular weight is 384 g/mol. The lowest BCUT2D eigenvalue weighted by Gasteiger charge is -2.06. The molecule has 0 radical (unpaired) electrons. The number of nitrogens with one attached hydrogen (secondary N) is 1. The Hall–Kier alpha value is -2.00. The number of hydrogen-bond acceptors (Lipinski definition) is 3. The minimum atomic E-state index is -0.485. The van der Waals surface area contributed by atoms with Gasteiger partial charge < -0.3 is 5.32 Å². The highest BCUT2D eigenvalue weighted by atomic mass is 35.5. The van der Waals surface area contributed by atoms with E-state index in [4.69, 9.17) is 40.1 Å². The molecular weight excluding hydrogens is 371 g/mol. The minimum absolute atomic E-state index is 0.0495. The van der Waals surface area contributed by atoms with Gasteiger partial charge in [-0.2, -0.15) is 10.4 Å². The number of amides is 1. The van der Waals surface area contributed by atoms with E-state index in [0.717, 1.165) is 5.56 Å². The molecule has 1 aromatic carbocycles. The van der Waals surface area contributed by atoms with Crippen LogP contribution in [0, 0.1) is 18.3 Å². The van der Waals surface area contributed by atoms with E-state index < -0.39 is 5.91 Å². The van der Waals surface area contributed by atoms with Crippen LogP contribution in [-0.4, -0.2) is 22.7 Å². The standard InChI is InChI=1S/C16H13Cl3N4O/c1-9-13(5-11(7-20)16(24)21-2)15(19)23(22-9)8-10-3-4-12(17)6-14(10)18/h3-6H,8H2,1-2H3,(H,21,24)/b11-5+. The molecule has 0 atom stereocenters. The second-order valence-electron chi connectivity index (χ2n) is 4.93. The lowest BCUT2D eigenvalue weighted by Crippen LogP contribution is -2.19. The third-order valence-corrected chi connectivity index (χ3v) is 4.31. The highest BCUT2D eigenvalue weighted by molar-refractivity contribution is 6.35. The normalized spacial score (nSPS) is 11.2. The molecule has 0 aliphatic carbocycles. The van der Waals surface area contributed by atoms with E-state index in [1.54, 1.807) is 29.8 Å². The summed E-state index contributed by atoms with van der Waals surface area (Å²) >= 11 is 18.4. The molecule has 0 fully saturated rings. The van der Waals surface area contributed by atoms with E-state index in [0.29, 0.717) is 33.0 Å². The quantitative estimate of drug-likeness (QED) is 0.644. The first kappa shape index (κ1) is 18.3. The first-order valence-corrected chi connectivity index (χ1v) is 8.01. The molecule has 0 saturated heterocycles. The topological polar surface area (TPSA) is 70.7 Å². The fourth-order valence-electron chi connectivity index (χ4n) is 2.07. The van der Waals surface area contributed by atoms with Gasteiger partial charge in [-0.15, -0.1) is 0 Å². The number of carbonyl (C=O) groups excluding carboxylic acids is 1. The van der Waals surface area contributed by atoms with Crippen molar-refractivity contribution in [2.75, 3.05) is 7.05 Å². The number of aromatic nitrogens is 2. The van der Waals surface area contributed by atoms with Gasteiger partial charge in [-0.1, -0.05) is 40.9 Å². The summed E-state index contributed by atoms with van der Waals surface area (Å²) in [4.78, 5) is 11.6. The summed E-state index contributed by atoms with van der Waals surface area (Å²) in [7, 11) is 1.45. The number of benzene rings is 1. The lowest BCUT2D eigenvalue weighted by molar-refractivity contribution is -0.116. The van der Waals surface area contributed by atoms with Crippen LogP contribution < -0.4 is 5.32 Å². The molecule has 5 nitrogen and oxygen atoms in total. The Morgan fingerprint density at radius 2 is 2.12 bits per heavy atom. The molecule has 24 heavy (non-hydrogen) atoms. The van der Waals surface area contributed by atoms with Crippen LogP contribution in [0.15, 0.2) is 23.8 Å². The maximum absolute atomic E-state index is 11.6. The van der Waals surface area contributed by atoms with Crippen molar-refractivity contribution in [1.29, 1.82) is 5.26 Å². The number of nitriles is 1. The number of nitrogens with zero attached hydrogens (tertiary/aromatic N) is 3. The third-order valence-electron chi connectivity index (χ3n) is 3.33. The van der Waals surface area contributed by atoms with E-state index in [1.165, 1.54) is 13.1 Å². The van der Waals surface area contributed by atoms with Crippen molar-refractivity contribution in [3.63, 3.8) is 0 Å². The van der Waals surface area contributed by atoms with Crippen molar-refractivity contribution in [3.05, 3.63) is 55.8 Å². The number of aryl methyl sites for hydroxylation is 1. The molecule has 8 heteroatoms. The van der Waals surface area contributed by atoms with Gasteiger partial charge in [0.1, 0.15) is 16.8 Å². The molecule has 0 aliphatic heterocycles. The molecule has 0 unspecified atom stereocenters. The molecule has 1 aromatic heterocycles. The van der Waals surface area contributed by atoms with Gasteiger partial charge in [-0.25, -0.2) is 4.68 Å². The Bertz CT molecular complexity index is 865. The van der Waals surface area contributed by atoms with Gasteiger partial charge in [-0.3, -0.25) is 4.79 Å². The molecule has 124 valence electrons. The molecule has 0 aliphatic rings. The maximum Gasteiger partial charge on any atom is 0.261 e. The van der Waals surface area contributed by atoms with E-state index in [-0.39, 0.29) is 5.57 Å². The van der Waals surface area contributed by atoms with Crippen LogP contribution in [-0.2, 0) is 11.3 Å². The SMILES string of the molecule is CNC(=O)/C(C#N)=C/c1c(C)nn(Cc2ccc(Cl)cc2Cl)c1Cl. The molecule has 1 N–H and O–H groups in total. The van der Waals surface area contributed by atoms with E-state index in [2.05, 4.69) is 10.4 Å². The molecule has 1 heterocycles. The molecule has 2 rings (SSSR count). The summed E-state index contributed by atoms with van der Waals surface area (Å²) in [6.07, 6.45) is 1.42. The summed E-state index contributed by atoms with van der Waals surface area (Å²) in [6, 6.07) is 7.01. The van der Waals surface area contributed by atoms with Gasteiger partial charge in [0.15, 0.2) is 0 Å². The van der Waals surface area contributed by atoms with Crippen molar-refractivity contribution in [2.45, 2.75) is 13.5 Å². The number of carbonyl (C=O) groups is 1. The predicted octanol–water partition coefficient (Wildman–Crippen LogP) is 3.85. The van der Waals surface area contributed by atoms with Crippen LogP contribution in [0.2, 0.25) is 15.2 Å². The zero-order valence-electron chi connectivity index (χ0n) is 12.9. The third kappa shape index (κ3) is 3.90. The fraction of sp³-hybridized carbons (Fsp3) is 0.188. The van der Waals surface area contributed by atoms with Crippen LogP contribution in [0.4, 0.5) is 0 Å². The van der Waals surface area contributed by atoms with Crippen molar-refractivity contribution in [2.24, 2.45) is 0 Å². The molecule has 0 bridgehead atoms. The second kappa shape index (κ2) is 7.71. The number of rotatable bonds is 4. The highest BCUT2D eigenvalue weighted by Crippen LogP contribution is 2.26. The summed E-state index contributed by atoms with van der Waals surface area (Å²) in [6.45, 7) is 2.09. The smallest absolute Gasteiger partial charge is 0.261 e. The highest BCUT2D eigenvalue weighted by Gasteiger charge is 2.16. The van der Waals surface area contributed by atoms with Gasteiger partial charge in [0.25, 0.3) is 5.91 Å². The number of hydrogen-bond donors (Lipinski definition) is 1. The maximum atomic E-state index is 11.6. The molecule has 0 saturated carbocycles.